The Bertz CT molecular complexity index is 236. The summed E-state index contributed by atoms with van der Waals surface area (Å²) in [5, 5.41) is 0. The first-order valence-electron chi connectivity index (χ1n) is 9.81. The van der Waals surface area contributed by atoms with E-state index < -0.39 is 0 Å². The van der Waals surface area contributed by atoms with Crippen LogP contribution in [0.5, 0.6) is 0 Å². The zero-order valence-corrected chi connectivity index (χ0v) is 19.2. The fourth-order valence-electron chi connectivity index (χ4n) is 0.888. The maximum Gasteiger partial charge on any atom is 0.145 e. The smallest absolute Gasteiger partial charge is 0.145 e. The summed E-state index contributed by atoms with van der Waals surface area (Å²) in [5.41, 5.74) is 0. The third-order valence-electron chi connectivity index (χ3n) is 1.57. The molecule has 0 heterocycles. The molecule has 2 aromatic carbocycles. The van der Waals surface area contributed by atoms with Gasteiger partial charge in [0.1, 0.15) is 6.79 Å². The highest BCUT2D eigenvalue weighted by Gasteiger charge is 1.63. The van der Waals surface area contributed by atoms with Gasteiger partial charge in [-0.2, -0.15) is 0 Å². The van der Waals surface area contributed by atoms with Gasteiger partial charge in [-0.3, -0.25) is 0 Å². The van der Waals surface area contributed by atoms with E-state index in [1.807, 2.05) is 114 Å². The Morgan fingerprint density at radius 1 is 0.423 bits per heavy atom. The van der Waals surface area contributed by atoms with Crippen LogP contribution in [0.25, 0.3) is 0 Å². The van der Waals surface area contributed by atoms with Crippen LogP contribution in [-0.2, 0) is 9.47 Å². The monoisotopic (exact) mass is 366 g/mol. The van der Waals surface area contributed by atoms with Crippen molar-refractivity contribution in [1.29, 1.82) is 0 Å². The number of ether oxygens (including phenoxy) is 2. The summed E-state index contributed by atoms with van der Waals surface area (Å²) in [6.45, 7) is 16.6. The average molecular weight is 367 g/mol. The molecule has 26 heavy (non-hydrogen) atoms. The Kier molecular flexibility index (Phi) is 77.3. The fraction of sp³-hybridized carbons (Fsp3) is 0.500. The molecule has 2 aromatic rings. The molecular weight excluding hydrogens is 320 g/mol. The van der Waals surface area contributed by atoms with Crippen molar-refractivity contribution in [2.24, 2.45) is 0 Å². The Labute approximate surface area is 165 Å². The van der Waals surface area contributed by atoms with E-state index in [0.717, 1.165) is 0 Å². The van der Waals surface area contributed by atoms with Crippen molar-refractivity contribution in [3.8, 4) is 0 Å². The van der Waals surface area contributed by atoms with Gasteiger partial charge in [0.2, 0.25) is 0 Å². The Hall–Kier alpha value is -1.64. The number of hydrogen-bond donors (Lipinski definition) is 0. The van der Waals surface area contributed by atoms with Gasteiger partial charge in [0, 0.05) is 14.2 Å². The van der Waals surface area contributed by atoms with Gasteiger partial charge in [-0.1, -0.05) is 135 Å². The lowest BCUT2D eigenvalue weighted by molar-refractivity contribution is -0.00271. The van der Waals surface area contributed by atoms with Crippen LogP contribution in [-0.4, -0.2) is 21.0 Å². The van der Waals surface area contributed by atoms with Crippen LogP contribution in [0.4, 0.5) is 0 Å². The number of benzene rings is 2. The molecule has 0 N–H and O–H groups in total. The minimum atomic E-state index is 0.389. The first-order chi connectivity index (χ1) is 12.8. The second-order valence-corrected chi connectivity index (χ2v) is 3.71. The van der Waals surface area contributed by atoms with Crippen LogP contribution in [0, 0.1) is 0 Å². The molecule has 0 saturated heterocycles. The van der Waals surface area contributed by atoms with Gasteiger partial charge in [0.05, 0.1) is 0 Å². The molecule has 2 heteroatoms. The summed E-state index contributed by atoms with van der Waals surface area (Å²) in [6.07, 6.45) is 1.25. The number of rotatable bonds is 2. The molecule has 154 valence electrons. The molecule has 0 aliphatic rings. The second-order valence-electron chi connectivity index (χ2n) is 3.71. The molecule has 0 bridgehead atoms. The van der Waals surface area contributed by atoms with E-state index in [9.17, 15) is 0 Å². The molecule has 2 nitrogen and oxygen atoms in total. The Morgan fingerprint density at radius 2 is 0.538 bits per heavy atom. The molecule has 0 unspecified atom stereocenters. The predicted octanol–water partition coefficient (Wildman–Crippen LogP) is 8.10. The van der Waals surface area contributed by atoms with E-state index >= 15 is 0 Å². The maximum atomic E-state index is 4.47. The van der Waals surface area contributed by atoms with Crippen LogP contribution >= 0.6 is 0 Å². The lowest BCUT2D eigenvalue weighted by Crippen LogP contribution is -1.87. The highest BCUT2D eigenvalue weighted by atomic mass is 16.6. The number of methoxy groups -OCH3 is 2. The Morgan fingerprint density at radius 3 is 0.577 bits per heavy atom. The molecule has 0 fully saturated rings. The lowest BCUT2D eigenvalue weighted by atomic mass is 10.4. The zero-order valence-electron chi connectivity index (χ0n) is 19.2. The van der Waals surface area contributed by atoms with Crippen LogP contribution in [0.3, 0.4) is 0 Å². The molecule has 0 spiro atoms. The summed E-state index contributed by atoms with van der Waals surface area (Å²) in [4.78, 5) is 0. The molecule has 0 radical (unpaired) electrons. The maximum absolute atomic E-state index is 4.47. The molecule has 0 aliphatic carbocycles. The topological polar surface area (TPSA) is 18.5 Å². The molecule has 0 aromatic heterocycles. The number of hydrogen-bond acceptors (Lipinski definition) is 2. The Balaban J connectivity index is -0.0000000702. The third-order valence-corrected chi connectivity index (χ3v) is 1.57. The van der Waals surface area contributed by atoms with E-state index in [4.69, 9.17) is 0 Å². The first kappa shape index (κ1) is 35.5. The normalized spacial score (nSPS) is 6.69. The first-order valence-corrected chi connectivity index (χ1v) is 9.81. The SMILES string of the molecule is CC.CC.CC.CCC.COCOC.c1ccccc1.c1ccccc1. The summed E-state index contributed by atoms with van der Waals surface area (Å²) >= 11 is 0. The lowest BCUT2D eigenvalue weighted by Gasteiger charge is -1.87. The van der Waals surface area contributed by atoms with E-state index in [1.54, 1.807) is 14.2 Å². The minimum absolute atomic E-state index is 0.389. The van der Waals surface area contributed by atoms with Crippen molar-refractivity contribution < 1.29 is 9.47 Å². The molecule has 0 saturated carbocycles. The van der Waals surface area contributed by atoms with Crippen molar-refractivity contribution in [3.05, 3.63) is 72.8 Å². The minimum Gasteiger partial charge on any atom is -0.359 e. The van der Waals surface area contributed by atoms with Crippen molar-refractivity contribution in [1.82, 2.24) is 0 Å². The van der Waals surface area contributed by atoms with Crippen LogP contribution in [0.1, 0.15) is 61.8 Å². The van der Waals surface area contributed by atoms with Crippen LogP contribution < -0.4 is 0 Å². The average Bonchev–Trinajstić information content (AvgIpc) is 2.77. The van der Waals surface area contributed by atoms with Crippen LogP contribution in [0.15, 0.2) is 72.8 Å². The molecule has 0 amide bonds. The molecule has 0 atom stereocenters. The van der Waals surface area contributed by atoms with Crippen LogP contribution in [0.2, 0.25) is 0 Å². The standard InChI is InChI=1S/2C6H6.C3H8O2.C3H8.3C2H6/c2*1-2-4-6-5-3-1;1-4-3-5-2;1-3-2;3*1-2/h2*1-6H;3H2,1-2H3;3H2,1-2H3;3*1-2H3. The van der Waals surface area contributed by atoms with E-state index in [-0.39, 0.29) is 0 Å². The quantitative estimate of drug-likeness (QED) is 0.500. The van der Waals surface area contributed by atoms with Gasteiger partial charge >= 0.3 is 0 Å². The van der Waals surface area contributed by atoms with Crippen molar-refractivity contribution in [3.63, 3.8) is 0 Å². The van der Waals surface area contributed by atoms with Gasteiger partial charge in [-0.25, -0.2) is 0 Å². The van der Waals surface area contributed by atoms with Gasteiger partial charge in [-0.15, -0.1) is 0 Å². The molecule has 2 rings (SSSR count). The van der Waals surface area contributed by atoms with Crippen molar-refractivity contribution in [2.75, 3.05) is 21.0 Å². The van der Waals surface area contributed by atoms with Gasteiger partial charge in [-0.05, 0) is 0 Å². The van der Waals surface area contributed by atoms with E-state index in [0.29, 0.717) is 6.79 Å². The highest BCUT2D eigenvalue weighted by molar-refractivity contribution is 4.99. The predicted molar refractivity (Wildman–Crippen MR) is 122 cm³/mol. The van der Waals surface area contributed by atoms with E-state index in [1.165, 1.54) is 6.42 Å². The van der Waals surface area contributed by atoms with Crippen molar-refractivity contribution >= 4 is 0 Å². The largest absolute Gasteiger partial charge is 0.359 e. The fourth-order valence-corrected chi connectivity index (χ4v) is 0.888. The summed E-state index contributed by atoms with van der Waals surface area (Å²) in [6, 6.07) is 24.0. The van der Waals surface area contributed by atoms with Gasteiger partial charge in [0.25, 0.3) is 0 Å². The summed E-state index contributed by atoms with van der Waals surface area (Å²) in [7, 11) is 3.17. The zero-order chi connectivity index (χ0) is 21.3. The summed E-state index contributed by atoms with van der Waals surface area (Å²) in [5.74, 6) is 0. The van der Waals surface area contributed by atoms with Crippen molar-refractivity contribution in [2.45, 2.75) is 61.8 Å². The van der Waals surface area contributed by atoms with Gasteiger partial charge < -0.3 is 9.47 Å². The molecule has 0 aliphatic heterocycles. The van der Waals surface area contributed by atoms with E-state index in [2.05, 4.69) is 23.3 Å². The summed E-state index contributed by atoms with van der Waals surface area (Å²) < 4.78 is 8.94. The highest BCUT2D eigenvalue weighted by Crippen LogP contribution is 1.80. The molecular formula is C24H46O2. The van der Waals surface area contributed by atoms with Gasteiger partial charge in [0.15, 0.2) is 0 Å². The third kappa shape index (κ3) is 66.8. The second kappa shape index (κ2) is 56.6.